The van der Waals surface area contributed by atoms with Gasteiger partial charge in [-0.3, -0.25) is 4.99 Å². The lowest BCUT2D eigenvalue weighted by molar-refractivity contribution is 0.242. The van der Waals surface area contributed by atoms with Crippen molar-refractivity contribution in [2.24, 2.45) is 10.7 Å². The van der Waals surface area contributed by atoms with Crippen LogP contribution in [0.5, 0.6) is 5.75 Å². The number of anilines is 1. The molecule has 0 aliphatic heterocycles. The molecule has 0 saturated carbocycles. The Labute approximate surface area is 182 Å². The number of nitrogens with zero attached hydrogens (tertiary/aromatic N) is 2. The van der Waals surface area contributed by atoms with Crippen molar-refractivity contribution in [3.8, 4) is 5.75 Å². The monoisotopic (exact) mass is 500 g/mol. The van der Waals surface area contributed by atoms with E-state index in [2.05, 4.69) is 10.3 Å². The highest BCUT2D eigenvalue weighted by molar-refractivity contribution is 14.0. The molecular formula is C20H29IN4OS. The highest BCUT2D eigenvalue weighted by atomic mass is 127. The zero-order valence-corrected chi connectivity index (χ0v) is 19.2. The number of aryl methyl sites for hydroxylation is 3. The molecule has 1 aliphatic carbocycles. The molecule has 5 nitrogen and oxygen atoms in total. The van der Waals surface area contributed by atoms with E-state index in [1.54, 1.807) is 0 Å². The van der Waals surface area contributed by atoms with E-state index < -0.39 is 0 Å². The van der Waals surface area contributed by atoms with E-state index in [1.165, 1.54) is 34.8 Å². The van der Waals surface area contributed by atoms with Gasteiger partial charge in [0.15, 0.2) is 5.96 Å². The Morgan fingerprint density at radius 3 is 2.70 bits per heavy atom. The molecule has 1 heterocycles. The van der Waals surface area contributed by atoms with Gasteiger partial charge in [0.2, 0.25) is 0 Å². The first-order valence-electron chi connectivity index (χ1n) is 9.41. The first-order valence-corrected chi connectivity index (χ1v) is 10.2. The van der Waals surface area contributed by atoms with Crippen LogP contribution in [0.15, 0.2) is 29.3 Å². The fraction of sp³-hybridized carbons (Fsp3) is 0.500. The largest absolute Gasteiger partial charge is 0.491 e. The van der Waals surface area contributed by atoms with Crippen LogP contribution in [0.3, 0.4) is 0 Å². The van der Waals surface area contributed by atoms with Crippen LogP contribution in [-0.2, 0) is 19.3 Å². The molecule has 1 aromatic carbocycles. The maximum Gasteiger partial charge on any atom is 0.193 e. The summed E-state index contributed by atoms with van der Waals surface area (Å²) in [7, 11) is 0. The molecule has 0 atom stereocenters. The molecule has 3 rings (SSSR count). The van der Waals surface area contributed by atoms with Crippen LogP contribution in [-0.4, -0.2) is 23.6 Å². The van der Waals surface area contributed by atoms with E-state index in [9.17, 15) is 0 Å². The van der Waals surface area contributed by atoms with Crippen LogP contribution in [0.4, 0.5) is 5.69 Å². The Bertz CT molecular complexity index is 719. The number of ether oxygens (including phenoxy) is 1. The number of guanidine groups is 1. The predicted octanol–water partition coefficient (Wildman–Crippen LogP) is 4.79. The average Bonchev–Trinajstić information content (AvgIpc) is 3.03. The summed E-state index contributed by atoms with van der Waals surface area (Å²) in [4.78, 5) is 10.7. The highest BCUT2D eigenvalue weighted by Gasteiger charge is 2.14. The van der Waals surface area contributed by atoms with Crippen molar-refractivity contribution < 1.29 is 4.74 Å². The molecule has 0 spiro atoms. The lowest BCUT2D eigenvalue weighted by atomic mass is 10.0. The average molecular weight is 500 g/mol. The molecule has 0 fully saturated rings. The van der Waals surface area contributed by atoms with Crippen LogP contribution in [0.1, 0.15) is 48.7 Å². The number of rotatable bonds is 7. The number of thiazole rings is 1. The number of hydrogen-bond acceptors (Lipinski definition) is 4. The molecule has 1 aliphatic rings. The normalized spacial score (nSPS) is 13.8. The van der Waals surface area contributed by atoms with Crippen LogP contribution >= 0.6 is 35.3 Å². The zero-order chi connectivity index (χ0) is 18.4. The van der Waals surface area contributed by atoms with Gasteiger partial charge in [-0.25, -0.2) is 4.98 Å². The van der Waals surface area contributed by atoms with Crippen molar-refractivity contribution in [1.82, 2.24) is 4.98 Å². The maximum atomic E-state index is 5.98. The summed E-state index contributed by atoms with van der Waals surface area (Å²) >= 11 is 1.88. The van der Waals surface area contributed by atoms with Crippen molar-refractivity contribution >= 4 is 47.0 Å². The first-order chi connectivity index (χ1) is 12.6. The molecule has 0 radical (unpaired) electrons. The number of nitrogens with two attached hydrogens (primary N) is 1. The fourth-order valence-electron chi connectivity index (χ4n) is 3.02. The van der Waals surface area contributed by atoms with Gasteiger partial charge in [-0.15, -0.1) is 35.3 Å². The van der Waals surface area contributed by atoms with Gasteiger partial charge >= 0.3 is 0 Å². The third-order valence-corrected chi connectivity index (χ3v) is 5.44. The lowest BCUT2D eigenvalue weighted by Gasteiger charge is -2.10. The molecule has 0 bridgehead atoms. The van der Waals surface area contributed by atoms with E-state index in [1.807, 2.05) is 49.4 Å². The van der Waals surface area contributed by atoms with E-state index in [4.69, 9.17) is 15.5 Å². The third kappa shape index (κ3) is 6.95. The SMILES string of the molecule is CC(C)Oc1ccc(NC(N)=NCCCc2nc3c(s2)CCCC3)cc1.I. The topological polar surface area (TPSA) is 72.5 Å². The second-order valence-electron chi connectivity index (χ2n) is 6.87. The van der Waals surface area contributed by atoms with Gasteiger partial charge < -0.3 is 15.8 Å². The molecule has 0 unspecified atom stereocenters. The Hall–Kier alpha value is -1.35. The Morgan fingerprint density at radius 2 is 2.00 bits per heavy atom. The maximum absolute atomic E-state index is 5.98. The van der Waals surface area contributed by atoms with Gasteiger partial charge in [-0.05, 0) is 70.2 Å². The molecule has 3 N–H and O–H groups in total. The van der Waals surface area contributed by atoms with Crippen molar-refractivity contribution in [2.45, 2.75) is 58.5 Å². The van der Waals surface area contributed by atoms with Gasteiger partial charge in [-0.1, -0.05) is 0 Å². The van der Waals surface area contributed by atoms with Crippen molar-refractivity contribution in [3.63, 3.8) is 0 Å². The Kier molecular flexibility index (Phi) is 8.82. The van der Waals surface area contributed by atoms with E-state index in [-0.39, 0.29) is 30.1 Å². The number of halogens is 1. The molecule has 7 heteroatoms. The molecule has 0 amide bonds. The van der Waals surface area contributed by atoms with E-state index >= 15 is 0 Å². The molecule has 27 heavy (non-hydrogen) atoms. The summed E-state index contributed by atoms with van der Waals surface area (Å²) in [5.41, 5.74) is 8.23. The third-order valence-electron chi connectivity index (χ3n) is 4.22. The minimum absolute atomic E-state index is 0. The second-order valence-corrected chi connectivity index (χ2v) is 8.04. The Balaban J connectivity index is 0.00000261. The van der Waals surface area contributed by atoms with Gasteiger partial charge in [0, 0.05) is 23.5 Å². The lowest BCUT2D eigenvalue weighted by Crippen LogP contribution is -2.22. The molecule has 2 aromatic rings. The molecule has 1 aromatic heterocycles. The van der Waals surface area contributed by atoms with Gasteiger partial charge in [0.05, 0.1) is 16.8 Å². The van der Waals surface area contributed by atoms with Crippen LogP contribution < -0.4 is 15.8 Å². The summed E-state index contributed by atoms with van der Waals surface area (Å²) in [6, 6.07) is 7.75. The fourth-order valence-corrected chi connectivity index (χ4v) is 4.22. The first kappa shape index (κ1) is 21.9. The zero-order valence-electron chi connectivity index (χ0n) is 16.0. The standard InChI is InChI=1S/C20H28N4OS.HI/c1-14(2)25-16-11-9-15(10-12-16)23-20(21)22-13-5-8-19-24-17-6-3-4-7-18(17)26-19;/h9-12,14H,3-8,13H2,1-2H3,(H3,21,22,23);1H. The summed E-state index contributed by atoms with van der Waals surface area (Å²) in [5, 5.41) is 4.37. The number of nitrogens with one attached hydrogen (secondary N) is 1. The van der Waals surface area contributed by atoms with Gasteiger partial charge in [0.25, 0.3) is 0 Å². The van der Waals surface area contributed by atoms with Crippen LogP contribution in [0.25, 0.3) is 0 Å². The molecule has 148 valence electrons. The number of benzene rings is 1. The van der Waals surface area contributed by atoms with Gasteiger partial charge in [-0.2, -0.15) is 0 Å². The number of fused-ring (bicyclic) bond motifs is 1. The van der Waals surface area contributed by atoms with Crippen molar-refractivity contribution in [3.05, 3.63) is 39.8 Å². The summed E-state index contributed by atoms with van der Waals surface area (Å²) < 4.78 is 5.63. The summed E-state index contributed by atoms with van der Waals surface area (Å²) in [5.74, 6) is 1.30. The summed E-state index contributed by atoms with van der Waals surface area (Å²) in [6.07, 6.45) is 7.08. The van der Waals surface area contributed by atoms with Crippen molar-refractivity contribution in [1.29, 1.82) is 0 Å². The number of aromatic nitrogens is 1. The molecular weight excluding hydrogens is 471 g/mol. The smallest absolute Gasteiger partial charge is 0.193 e. The van der Waals surface area contributed by atoms with Crippen molar-refractivity contribution in [2.75, 3.05) is 11.9 Å². The van der Waals surface area contributed by atoms with Crippen LogP contribution in [0, 0.1) is 0 Å². The van der Waals surface area contributed by atoms with Crippen LogP contribution in [0.2, 0.25) is 0 Å². The van der Waals surface area contributed by atoms with E-state index in [0.29, 0.717) is 12.5 Å². The van der Waals surface area contributed by atoms with E-state index in [0.717, 1.165) is 30.7 Å². The molecule has 0 saturated heterocycles. The quantitative estimate of drug-likeness (QED) is 0.248. The predicted molar refractivity (Wildman–Crippen MR) is 125 cm³/mol. The number of aliphatic imine (C=N–C) groups is 1. The van der Waals surface area contributed by atoms with Gasteiger partial charge in [0.1, 0.15) is 5.75 Å². The Morgan fingerprint density at radius 1 is 1.26 bits per heavy atom. The minimum atomic E-state index is 0. The number of hydrogen-bond donors (Lipinski definition) is 2. The highest BCUT2D eigenvalue weighted by Crippen LogP contribution is 2.27. The minimum Gasteiger partial charge on any atom is -0.491 e. The summed E-state index contributed by atoms with van der Waals surface area (Å²) in [6.45, 7) is 4.73. The second kappa shape index (κ2) is 10.8.